The molecule has 0 fully saturated rings. The number of aryl methyl sites for hydroxylation is 1. The summed E-state index contributed by atoms with van der Waals surface area (Å²) >= 11 is 5.04. The van der Waals surface area contributed by atoms with Crippen LogP contribution in [0.4, 0.5) is 0 Å². The monoisotopic (exact) mass is 383 g/mol. The fraction of sp³-hybridized carbons (Fsp3) is 0.286. The summed E-state index contributed by atoms with van der Waals surface area (Å²) < 4.78 is 0. The van der Waals surface area contributed by atoms with Gasteiger partial charge in [-0.25, -0.2) is 0 Å². The number of hydrogen-bond acceptors (Lipinski definition) is 3. The van der Waals surface area contributed by atoms with E-state index in [1.165, 1.54) is 0 Å². The first-order valence-corrected chi connectivity index (χ1v) is 9.21. The van der Waals surface area contributed by atoms with E-state index in [9.17, 15) is 9.59 Å². The maximum atomic E-state index is 12.2. The molecule has 0 aliphatic heterocycles. The van der Waals surface area contributed by atoms with Gasteiger partial charge in [-0.3, -0.25) is 20.4 Å². The number of thiocarbonyl (C=S) groups is 1. The number of nitrogens with one attached hydrogen (secondary N) is 3. The summed E-state index contributed by atoms with van der Waals surface area (Å²) in [5.41, 5.74) is 7.81. The van der Waals surface area contributed by atoms with Crippen molar-refractivity contribution < 1.29 is 9.59 Å². The third-order valence-electron chi connectivity index (χ3n) is 4.04. The molecule has 0 aromatic heterocycles. The van der Waals surface area contributed by atoms with Crippen LogP contribution in [0.5, 0.6) is 0 Å². The molecular weight excluding hydrogens is 358 g/mol. The normalized spacial score (nSPS) is 10.8. The molecule has 0 atom stereocenters. The van der Waals surface area contributed by atoms with Crippen LogP contribution in [-0.4, -0.2) is 16.9 Å². The Balaban J connectivity index is 1.76. The number of amides is 2. The van der Waals surface area contributed by atoms with Crippen molar-refractivity contribution in [3.63, 3.8) is 0 Å². The van der Waals surface area contributed by atoms with Crippen LogP contribution in [0.2, 0.25) is 0 Å². The fourth-order valence-corrected chi connectivity index (χ4v) is 2.60. The van der Waals surface area contributed by atoms with Gasteiger partial charge in [0.15, 0.2) is 5.11 Å². The van der Waals surface area contributed by atoms with E-state index in [0.29, 0.717) is 18.4 Å². The zero-order valence-corrected chi connectivity index (χ0v) is 16.7. The second kappa shape index (κ2) is 9.28. The second-order valence-electron chi connectivity index (χ2n) is 7.27. The van der Waals surface area contributed by atoms with Gasteiger partial charge in [0, 0.05) is 12.0 Å². The molecule has 3 N–H and O–H groups in total. The Morgan fingerprint density at radius 3 is 2.15 bits per heavy atom. The van der Waals surface area contributed by atoms with E-state index >= 15 is 0 Å². The lowest BCUT2D eigenvalue weighted by Gasteiger charge is -2.19. The highest BCUT2D eigenvalue weighted by Gasteiger charge is 2.14. The highest BCUT2D eigenvalue weighted by molar-refractivity contribution is 7.80. The minimum atomic E-state index is -0.323. The van der Waals surface area contributed by atoms with Crippen molar-refractivity contribution in [2.24, 2.45) is 0 Å². The van der Waals surface area contributed by atoms with E-state index < -0.39 is 0 Å². The Hall–Kier alpha value is -2.73. The molecule has 27 heavy (non-hydrogen) atoms. The molecule has 0 unspecified atom stereocenters. The van der Waals surface area contributed by atoms with Gasteiger partial charge >= 0.3 is 0 Å². The lowest BCUT2D eigenvalue weighted by molar-refractivity contribution is -0.119. The van der Waals surface area contributed by atoms with Crippen molar-refractivity contribution in [1.29, 1.82) is 0 Å². The van der Waals surface area contributed by atoms with E-state index in [-0.39, 0.29) is 22.3 Å². The van der Waals surface area contributed by atoms with E-state index in [1.54, 1.807) is 12.1 Å². The Bertz CT molecular complexity index is 796. The molecule has 2 rings (SSSR count). The van der Waals surface area contributed by atoms with Gasteiger partial charge < -0.3 is 5.32 Å². The number of benzene rings is 2. The Morgan fingerprint density at radius 2 is 1.56 bits per heavy atom. The van der Waals surface area contributed by atoms with Crippen molar-refractivity contribution in [2.75, 3.05) is 0 Å². The topological polar surface area (TPSA) is 70.2 Å². The predicted molar refractivity (Wildman–Crippen MR) is 111 cm³/mol. The molecule has 5 nitrogen and oxygen atoms in total. The number of carbonyl (C=O) groups excluding carboxylic acids is 2. The SMILES string of the molecule is CC(C)(C)c1ccc(C(=O)NNC(=S)NC(=O)CCc2ccccc2)cc1. The number of rotatable bonds is 4. The molecule has 0 bridgehead atoms. The largest absolute Gasteiger partial charge is 0.302 e. The minimum absolute atomic E-state index is 0.0266. The maximum Gasteiger partial charge on any atom is 0.269 e. The third-order valence-corrected chi connectivity index (χ3v) is 4.24. The molecule has 0 spiro atoms. The number of hydrazine groups is 1. The first-order valence-electron chi connectivity index (χ1n) is 8.80. The quantitative estimate of drug-likeness (QED) is 0.560. The van der Waals surface area contributed by atoms with Crippen molar-refractivity contribution in [3.05, 3.63) is 71.3 Å². The first kappa shape index (κ1) is 20.6. The molecule has 0 heterocycles. The molecule has 0 saturated heterocycles. The summed E-state index contributed by atoms with van der Waals surface area (Å²) in [4.78, 5) is 24.1. The molecule has 2 aromatic carbocycles. The molecule has 6 heteroatoms. The summed E-state index contributed by atoms with van der Waals surface area (Å²) in [6.07, 6.45) is 0.940. The van der Waals surface area contributed by atoms with Crippen LogP contribution in [-0.2, 0) is 16.6 Å². The molecule has 2 amide bonds. The van der Waals surface area contributed by atoms with Crippen molar-refractivity contribution in [1.82, 2.24) is 16.2 Å². The second-order valence-corrected chi connectivity index (χ2v) is 7.68. The van der Waals surface area contributed by atoms with Gasteiger partial charge in [0.1, 0.15) is 0 Å². The average Bonchev–Trinajstić information content (AvgIpc) is 2.64. The zero-order valence-electron chi connectivity index (χ0n) is 15.8. The Morgan fingerprint density at radius 1 is 0.926 bits per heavy atom. The summed E-state index contributed by atoms with van der Waals surface area (Å²) in [5.74, 6) is -0.531. The van der Waals surface area contributed by atoms with Crippen molar-refractivity contribution in [2.45, 2.75) is 39.0 Å². The van der Waals surface area contributed by atoms with Gasteiger partial charge in [0.25, 0.3) is 5.91 Å². The number of hydrogen-bond donors (Lipinski definition) is 3. The van der Waals surface area contributed by atoms with Crippen LogP contribution in [0.25, 0.3) is 0 Å². The molecule has 2 aromatic rings. The molecular formula is C21H25N3O2S. The highest BCUT2D eigenvalue weighted by atomic mass is 32.1. The summed E-state index contributed by atoms with van der Waals surface area (Å²) in [7, 11) is 0. The van der Waals surface area contributed by atoms with Crippen LogP contribution in [0, 0.1) is 0 Å². The molecule has 0 saturated carbocycles. The van der Waals surface area contributed by atoms with Gasteiger partial charge in [-0.05, 0) is 47.3 Å². The van der Waals surface area contributed by atoms with Crippen LogP contribution < -0.4 is 16.2 Å². The maximum absolute atomic E-state index is 12.2. The van der Waals surface area contributed by atoms with Crippen LogP contribution in [0.15, 0.2) is 54.6 Å². The van der Waals surface area contributed by atoms with Gasteiger partial charge in [0.2, 0.25) is 5.91 Å². The van der Waals surface area contributed by atoms with Gasteiger partial charge in [-0.15, -0.1) is 0 Å². The minimum Gasteiger partial charge on any atom is -0.302 e. The average molecular weight is 384 g/mol. The molecule has 142 valence electrons. The van der Waals surface area contributed by atoms with E-state index in [2.05, 4.69) is 36.9 Å². The van der Waals surface area contributed by atoms with Crippen molar-refractivity contribution >= 4 is 29.1 Å². The Labute approximate surface area is 165 Å². The molecule has 0 aliphatic rings. The van der Waals surface area contributed by atoms with E-state index in [0.717, 1.165) is 11.1 Å². The third kappa shape index (κ3) is 6.83. The van der Waals surface area contributed by atoms with Crippen molar-refractivity contribution in [3.8, 4) is 0 Å². The Kier molecular flexibility index (Phi) is 7.07. The lowest BCUT2D eigenvalue weighted by Crippen LogP contribution is -2.48. The molecule has 0 aliphatic carbocycles. The predicted octanol–water partition coefficient (Wildman–Crippen LogP) is 3.25. The van der Waals surface area contributed by atoms with Gasteiger partial charge in [-0.1, -0.05) is 63.2 Å². The standard InChI is InChI=1S/C21H25N3O2S/c1-21(2,3)17-12-10-16(11-13-17)19(26)23-24-20(27)22-18(25)14-9-15-7-5-4-6-8-15/h4-8,10-13H,9,14H2,1-3H3,(H,23,26)(H2,22,24,25,27). The van der Waals surface area contributed by atoms with Gasteiger partial charge in [-0.2, -0.15) is 0 Å². The summed E-state index contributed by atoms with van der Waals surface area (Å²) in [6.45, 7) is 6.34. The van der Waals surface area contributed by atoms with E-state index in [1.807, 2.05) is 42.5 Å². The van der Waals surface area contributed by atoms with E-state index in [4.69, 9.17) is 12.2 Å². The lowest BCUT2D eigenvalue weighted by atomic mass is 9.87. The van der Waals surface area contributed by atoms with Crippen LogP contribution in [0.3, 0.4) is 0 Å². The fourth-order valence-electron chi connectivity index (χ4n) is 2.43. The van der Waals surface area contributed by atoms with Crippen LogP contribution in [0.1, 0.15) is 48.7 Å². The highest BCUT2D eigenvalue weighted by Crippen LogP contribution is 2.22. The van der Waals surface area contributed by atoms with Crippen LogP contribution >= 0.6 is 12.2 Å². The van der Waals surface area contributed by atoms with Gasteiger partial charge in [0.05, 0.1) is 0 Å². The number of carbonyl (C=O) groups is 2. The first-order chi connectivity index (χ1) is 12.8. The summed E-state index contributed by atoms with van der Waals surface area (Å²) in [6, 6.07) is 17.1. The zero-order chi connectivity index (χ0) is 19.9. The molecule has 0 radical (unpaired) electrons. The smallest absolute Gasteiger partial charge is 0.269 e. The summed E-state index contributed by atoms with van der Waals surface area (Å²) in [5, 5.41) is 2.62.